The van der Waals surface area contributed by atoms with Crippen LogP contribution in [0.25, 0.3) is 0 Å². The fourth-order valence-corrected chi connectivity index (χ4v) is 1.60. The summed E-state index contributed by atoms with van der Waals surface area (Å²) >= 11 is 0. The van der Waals surface area contributed by atoms with Crippen molar-refractivity contribution >= 4 is 0 Å². The van der Waals surface area contributed by atoms with Gasteiger partial charge in [-0.1, -0.05) is 0 Å². The molecule has 2 rings (SSSR count). The number of hydrogen-bond acceptors (Lipinski definition) is 5. The summed E-state index contributed by atoms with van der Waals surface area (Å²) in [6, 6.07) is 0. The molecule has 0 amide bonds. The molecular formula is C10H21N3O2. The van der Waals surface area contributed by atoms with E-state index in [0.717, 1.165) is 52.5 Å². The zero-order valence-electron chi connectivity index (χ0n) is 9.13. The molecule has 2 fully saturated rings. The van der Waals surface area contributed by atoms with Gasteiger partial charge >= 0.3 is 0 Å². The summed E-state index contributed by atoms with van der Waals surface area (Å²) in [5, 5.41) is 10.1. The summed E-state index contributed by atoms with van der Waals surface area (Å²) in [7, 11) is 0. The van der Waals surface area contributed by atoms with Crippen molar-refractivity contribution in [1.29, 1.82) is 0 Å². The predicted octanol–water partition coefficient (Wildman–Crippen LogP) is -1.45. The highest BCUT2D eigenvalue weighted by molar-refractivity contribution is 4.72. The van der Waals surface area contributed by atoms with Gasteiger partial charge in [0.1, 0.15) is 6.10 Å². The van der Waals surface area contributed by atoms with E-state index in [2.05, 4.69) is 16.0 Å². The van der Waals surface area contributed by atoms with Crippen molar-refractivity contribution < 1.29 is 9.47 Å². The zero-order valence-corrected chi connectivity index (χ0v) is 9.13. The summed E-state index contributed by atoms with van der Waals surface area (Å²) in [5.74, 6) is 0. The van der Waals surface area contributed by atoms with Crippen molar-refractivity contribution in [2.24, 2.45) is 0 Å². The van der Waals surface area contributed by atoms with Crippen LogP contribution in [0.2, 0.25) is 0 Å². The van der Waals surface area contributed by atoms with Gasteiger partial charge in [0.05, 0.1) is 19.3 Å². The van der Waals surface area contributed by atoms with Crippen LogP contribution in [0.15, 0.2) is 0 Å². The topological polar surface area (TPSA) is 57.9 Å². The second-order valence-corrected chi connectivity index (χ2v) is 4.07. The van der Waals surface area contributed by atoms with Crippen LogP contribution in [0, 0.1) is 0 Å². The van der Waals surface area contributed by atoms with Gasteiger partial charge < -0.3 is 25.4 Å². The van der Waals surface area contributed by atoms with E-state index in [4.69, 9.17) is 9.47 Å². The predicted molar refractivity (Wildman–Crippen MR) is 58.1 cm³/mol. The number of nitrogens with one attached hydrogen (secondary N) is 3. The molecule has 0 aliphatic carbocycles. The first kappa shape index (κ1) is 11.3. The normalized spacial score (nSPS) is 30.0. The van der Waals surface area contributed by atoms with E-state index in [1.54, 1.807) is 0 Å². The lowest BCUT2D eigenvalue weighted by Crippen LogP contribution is -2.44. The molecule has 1 unspecified atom stereocenters. The molecule has 0 aromatic heterocycles. The highest BCUT2D eigenvalue weighted by atomic mass is 16.6. The molecule has 0 bridgehead atoms. The van der Waals surface area contributed by atoms with Crippen LogP contribution in [0.3, 0.4) is 0 Å². The Labute approximate surface area is 90.9 Å². The Morgan fingerprint density at radius 2 is 1.60 bits per heavy atom. The van der Waals surface area contributed by atoms with Crippen molar-refractivity contribution in [2.45, 2.75) is 12.2 Å². The minimum atomic E-state index is 0.271. The number of ether oxygens (including phenoxy) is 2. The molecule has 2 aliphatic heterocycles. The standard InChI is InChI=1S/C10H21N3O2/c1-3-12-5-9(6-13-4-2-11-1)14-7-10-8-15-10/h9-13H,1-8H2. The highest BCUT2D eigenvalue weighted by Gasteiger charge is 2.24. The molecule has 5 heteroatoms. The van der Waals surface area contributed by atoms with E-state index >= 15 is 0 Å². The van der Waals surface area contributed by atoms with Gasteiger partial charge in [0.2, 0.25) is 0 Å². The minimum Gasteiger partial charge on any atom is -0.373 e. The quantitative estimate of drug-likeness (QED) is 0.503. The van der Waals surface area contributed by atoms with E-state index in [1.165, 1.54) is 0 Å². The van der Waals surface area contributed by atoms with Gasteiger partial charge in [0.25, 0.3) is 0 Å². The van der Waals surface area contributed by atoms with E-state index in [9.17, 15) is 0 Å². The van der Waals surface area contributed by atoms with Gasteiger partial charge in [-0.25, -0.2) is 0 Å². The summed E-state index contributed by atoms with van der Waals surface area (Å²) in [5.41, 5.74) is 0. The summed E-state index contributed by atoms with van der Waals surface area (Å²) in [6.45, 7) is 7.53. The first-order chi connectivity index (χ1) is 7.45. The van der Waals surface area contributed by atoms with Gasteiger partial charge in [0, 0.05) is 39.3 Å². The molecule has 0 aromatic carbocycles. The summed E-state index contributed by atoms with van der Waals surface area (Å²) in [4.78, 5) is 0. The van der Waals surface area contributed by atoms with Crippen LogP contribution < -0.4 is 16.0 Å². The fourth-order valence-electron chi connectivity index (χ4n) is 1.60. The second-order valence-electron chi connectivity index (χ2n) is 4.07. The van der Waals surface area contributed by atoms with E-state index in [1.807, 2.05) is 0 Å². The summed E-state index contributed by atoms with van der Waals surface area (Å²) in [6.07, 6.45) is 0.634. The van der Waals surface area contributed by atoms with Crippen LogP contribution in [0.5, 0.6) is 0 Å². The zero-order chi connectivity index (χ0) is 10.3. The second kappa shape index (κ2) is 6.40. The molecule has 0 spiro atoms. The number of rotatable bonds is 3. The van der Waals surface area contributed by atoms with Crippen molar-refractivity contribution in [1.82, 2.24) is 16.0 Å². The highest BCUT2D eigenvalue weighted by Crippen LogP contribution is 2.09. The van der Waals surface area contributed by atoms with Crippen molar-refractivity contribution in [3.05, 3.63) is 0 Å². The van der Waals surface area contributed by atoms with Gasteiger partial charge in [-0.2, -0.15) is 0 Å². The largest absolute Gasteiger partial charge is 0.373 e. The molecule has 1 atom stereocenters. The molecule has 3 N–H and O–H groups in total. The third-order valence-electron chi connectivity index (χ3n) is 2.62. The van der Waals surface area contributed by atoms with Crippen LogP contribution in [0.1, 0.15) is 0 Å². The lowest BCUT2D eigenvalue weighted by molar-refractivity contribution is 0.0427. The minimum absolute atomic E-state index is 0.271. The van der Waals surface area contributed by atoms with Crippen molar-refractivity contribution in [2.75, 3.05) is 52.5 Å². The van der Waals surface area contributed by atoms with Gasteiger partial charge in [-0.15, -0.1) is 0 Å². The number of epoxide rings is 1. The molecule has 2 aliphatic rings. The van der Waals surface area contributed by atoms with Crippen LogP contribution in [-0.2, 0) is 9.47 Å². The van der Waals surface area contributed by atoms with Crippen LogP contribution in [0.4, 0.5) is 0 Å². The Morgan fingerprint density at radius 1 is 1.00 bits per heavy atom. The monoisotopic (exact) mass is 215 g/mol. The third kappa shape index (κ3) is 4.90. The summed E-state index contributed by atoms with van der Waals surface area (Å²) < 4.78 is 10.9. The molecule has 0 radical (unpaired) electrons. The van der Waals surface area contributed by atoms with Crippen LogP contribution in [-0.4, -0.2) is 64.7 Å². The average Bonchev–Trinajstić information content (AvgIpc) is 3.07. The van der Waals surface area contributed by atoms with E-state index in [0.29, 0.717) is 6.10 Å². The first-order valence-corrected chi connectivity index (χ1v) is 5.80. The maximum absolute atomic E-state index is 5.77. The number of hydrogen-bond donors (Lipinski definition) is 3. The lowest BCUT2D eigenvalue weighted by Gasteiger charge is -2.20. The molecule has 88 valence electrons. The van der Waals surface area contributed by atoms with Gasteiger partial charge in [0.15, 0.2) is 0 Å². The first-order valence-electron chi connectivity index (χ1n) is 5.80. The molecular weight excluding hydrogens is 194 g/mol. The van der Waals surface area contributed by atoms with Gasteiger partial charge in [-0.05, 0) is 0 Å². The molecule has 2 heterocycles. The Morgan fingerprint density at radius 3 is 2.20 bits per heavy atom. The van der Waals surface area contributed by atoms with Crippen molar-refractivity contribution in [3.63, 3.8) is 0 Å². The molecule has 0 saturated carbocycles. The molecule has 2 saturated heterocycles. The lowest BCUT2D eigenvalue weighted by atomic mass is 10.3. The maximum atomic E-state index is 5.77. The fraction of sp³-hybridized carbons (Fsp3) is 1.00. The van der Waals surface area contributed by atoms with Crippen LogP contribution >= 0.6 is 0 Å². The Hall–Kier alpha value is -0.200. The molecule has 5 nitrogen and oxygen atoms in total. The smallest absolute Gasteiger partial charge is 0.104 e. The molecule has 0 aromatic rings. The maximum Gasteiger partial charge on any atom is 0.104 e. The Bertz CT molecular complexity index is 166. The van der Waals surface area contributed by atoms with Gasteiger partial charge in [-0.3, -0.25) is 0 Å². The Balaban J connectivity index is 1.63. The Kier molecular flexibility index (Phi) is 4.82. The third-order valence-corrected chi connectivity index (χ3v) is 2.62. The van der Waals surface area contributed by atoms with Crippen molar-refractivity contribution in [3.8, 4) is 0 Å². The van der Waals surface area contributed by atoms with E-state index < -0.39 is 0 Å². The molecule has 15 heavy (non-hydrogen) atoms. The SMILES string of the molecule is C1CNCC(OCC2CO2)CNCCN1. The average molecular weight is 215 g/mol. The van der Waals surface area contributed by atoms with E-state index in [-0.39, 0.29) is 6.10 Å².